The predicted octanol–water partition coefficient (Wildman–Crippen LogP) is 2.33. The highest BCUT2D eigenvalue weighted by atomic mass is 19.4. The first-order valence-electron chi connectivity index (χ1n) is 9.99. The summed E-state index contributed by atoms with van der Waals surface area (Å²) in [7, 11) is 1.53. The number of nitrogens with zero attached hydrogens (tertiary/aromatic N) is 1. The minimum absolute atomic E-state index is 0.0113. The Morgan fingerprint density at radius 1 is 1.06 bits per heavy atom. The first kappa shape index (κ1) is 26.3. The van der Waals surface area contributed by atoms with Gasteiger partial charge in [0.15, 0.2) is 6.61 Å². The summed E-state index contributed by atoms with van der Waals surface area (Å²) in [6.45, 7) is 0.284. The highest BCUT2D eigenvalue weighted by Gasteiger charge is 2.30. The number of anilines is 1. The molecule has 2 rings (SSSR count). The number of carbonyl (C=O) groups excluding carboxylic acids is 3. The molecule has 182 valence electrons. The van der Waals surface area contributed by atoms with Crippen molar-refractivity contribution < 1.29 is 37.0 Å². The lowest BCUT2D eigenvalue weighted by Gasteiger charge is -2.10. The van der Waals surface area contributed by atoms with E-state index in [1.54, 1.807) is 18.2 Å². The lowest BCUT2D eigenvalue weighted by Crippen LogP contribution is -2.38. The van der Waals surface area contributed by atoms with Gasteiger partial charge < -0.3 is 20.1 Å². The van der Waals surface area contributed by atoms with Gasteiger partial charge in [-0.3, -0.25) is 14.4 Å². The monoisotopic (exact) mass is 480 g/mol. The zero-order chi connectivity index (χ0) is 25.0. The Kier molecular flexibility index (Phi) is 10.0. The van der Waals surface area contributed by atoms with E-state index < -0.39 is 36.1 Å². The average molecular weight is 480 g/mol. The summed E-state index contributed by atoms with van der Waals surface area (Å²) in [5.41, 5.74) is 1.69. The third-order valence-corrected chi connectivity index (χ3v) is 4.10. The van der Waals surface area contributed by atoms with Crippen molar-refractivity contribution in [3.63, 3.8) is 0 Å². The van der Waals surface area contributed by atoms with Crippen LogP contribution in [0, 0.1) is 0 Å². The number of amides is 3. The van der Waals surface area contributed by atoms with Crippen molar-refractivity contribution in [1.82, 2.24) is 10.7 Å². The second-order valence-electron chi connectivity index (χ2n) is 6.79. The van der Waals surface area contributed by atoms with E-state index in [0.717, 1.165) is 12.1 Å². The number of benzene rings is 2. The van der Waals surface area contributed by atoms with Crippen molar-refractivity contribution in [1.29, 1.82) is 0 Å². The number of hydrogen-bond donors (Lipinski definition) is 3. The van der Waals surface area contributed by atoms with E-state index >= 15 is 0 Å². The van der Waals surface area contributed by atoms with Crippen LogP contribution in [0.5, 0.6) is 5.75 Å². The van der Waals surface area contributed by atoms with Gasteiger partial charge >= 0.3 is 18.0 Å². The number of methoxy groups -OCH3 is 1. The number of ether oxygens (including phenoxy) is 2. The molecule has 0 radical (unpaired) electrons. The van der Waals surface area contributed by atoms with Crippen LogP contribution in [0.2, 0.25) is 0 Å². The number of alkyl halides is 3. The van der Waals surface area contributed by atoms with Gasteiger partial charge in [0.25, 0.3) is 5.91 Å². The average Bonchev–Trinajstić information content (AvgIpc) is 2.80. The quantitative estimate of drug-likeness (QED) is 0.209. The molecule has 0 saturated heterocycles. The molecule has 0 aliphatic heterocycles. The van der Waals surface area contributed by atoms with E-state index in [2.05, 4.69) is 21.2 Å². The second-order valence-corrected chi connectivity index (χ2v) is 6.79. The van der Waals surface area contributed by atoms with Crippen LogP contribution in [-0.2, 0) is 25.3 Å². The normalized spacial score (nSPS) is 11.2. The molecule has 34 heavy (non-hydrogen) atoms. The van der Waals surface area contributed by atoms with Gasteiger partial charge in [-0.25, -0.2) is 5.43 Å². The maximum atomic E-state index is 12.8. The molecule has 0 aromatic heterocycles. The van der Waals surface area contributed by atoms with Crippen LogP contribution >= 0.6 is 0 Å². The molecule has 3 amide bonds. The molecule has 0 atom stereocenters. The van der Waals surface area contributed by atoms with E-state index in [0.29, 0.717) is 18.6 Å². The van der Waals surface area contributed by atoms with Crippen molar-refractivity contribution in [2.24, 2.45) is 5.10 Å². The molecule has 2 aromatic rings. The Labute approximate surface area is 193 Å². The van der Waals surface area contributed by atoms with Gasteiger partial charge in [0, 0.05) is 25.9 Å². The van der Waals surface area contributed by atoms with E-state index in [-0.39, 0.29) is 18.0 Å². The van der Waals surface area contributed by atoms with Gasteiger partial charge in [-0.1, -0.05) is 18.2 Å². The summed E-state index contributed by atoms with van der Waals surface area (Å²) in [6.07, 6.45) is -2.69. The molecule has 2 aromatic carbocycles. The number of hydrazone groups is 1. The van der Waals surface area contributed by atoms with Crippen molar-refractivity contribution in [3.05, 3.63) is 59.7 Å². The Bertz CT molecular complexity index is 1030. The zero-order valence-electron chi connectivity index (χ0n) is 18.1. The van der Waals surface area contributed by atoms with Crippen molar-refractivity contribution in [2.45, 2.75) is 12.6 Å². The molecule has 0 unspecified atom stereocenters. The minimum Gasteiger partial charge on any atom is -0.484 e. The summed E-state index contributed by atoms with van der Waals surface area (Å²) in [4.78, 5) is 35.3. The number of rotatable bonds is 10. The van der Waals surface area contributed by atoms with E-state index in [1.165, 1.54) is 31.5 Å². The van der Waals surface area contributed by atoms with Crippen molar-refractivity contribution in [2.75, 3.05) is 32.2 Å². The molecule has 0 heterocycles. The molecular formula is C22H23F3N4O5. The standard InChI is InChI=1S/C22H23F3N4O5/c1-33-10-4-9-26-20(31)21(32)29-27-13-15-5-2-8-18(11-15)34-14-19(30)28-17-7-3-6-16(12-17)22(23,24)25/h2-3,5-8,11-13H,4,9-10,14H2,1H3,(H,26,31)(H,28,30)(H,29,32)/b27-13-. The Morgan fingerprint density at radius 3 is 2.56 bits per heavy atom. The summed E-state index contributed by atoms with van der Waals surface area (Å²) < 4.78 is 48.5. The van der Waals surface area contributed by atoms with Crippen LogP contribution < -0.4 is 20.8 Å². The molecule has 3 N–H and O–H groups in total. The van der Waals surface area contributed by atoms with Crippen LogP contribution in [0.25, 0.3) is 0 Å². The zero-order valence-corrected chi connectivity index (χ0v) is 18.1. The fraction of sp³-hybridized carbons (Fsp3) is 0.273. The highest BCUT2D eigenvalue weighted by Crippen LogP contribution is 2.30. The number of nitrogens with one attached hydrogen (secondary N) is 3. The van der Waals surface area contributed by atoms with Crippen LogP contribution in [0.3, 0.4) is 0 Å². The Balaban J connectivity index is 1.82. The smallest absolute Gasteiger partial charge is 0.416 e. The minimum atomic E-state index is -4.52. The fourth-order valence-electron chi connectivity index (χ4n) is 2.52. The van der Waals surface area contributed by atoms with Crippen molar-refractivity contribution in [3.8, 4) is 5.75 Å². The summed E-state index contributed by atoms with van der Waals surface area (Å²) in [5.74, 6) is -2.14. The Morgan fingerprint density at radius 2 is 1.82 bits per heavy atom. The third-order valence-electron chi connectivity index (χ3n) is 4.10. The molecule has 12 heteroatoms. The summed E-state index contributed by atoms with van der Waals surface area (Å²) in [6, 6.07) is 10.5. The van der Waals surface area contributed by atoms with Crippen molar-refractivity contribution >= 4 is 29.6 Å². The first-order valence-corrected chi connectivity index (χ1v) is 9.99. The molecular weight excluding hydrogens is 457 g/mol. The molecule has 0 bridgehead atoms. The fourth-order valence-corrected chi connectivity index (χ4v) is 2.52. The third kappa shape index (κ3) is 9.28. The Hall–Kier alpha value is -3.93. The SMILES string of the molecule is COCCCNC(=O)C(=O)N/N=C\c1cccc(OCC(=O)Nc2cccc(C(F)(F)F)c2)c1. The van der Waals surface area contributed by atoms with Crippen LogP contribution in [0.4, 0.5) is 18.9 Å². The lowest BCUT2D eigenvalue weighted by molar-refractivity contribution is -0.139. The van der Waals surface area contributed by atoms with E-state index in [4.69, 9.17) is 9.47 Å². The number of carbonyl (C=O) groups is 3. The first-order chi connectivity index (χ1) is 16.2. The van der Waals surface area contributed by atoms with E-state index in [1.807, 2.05) is 0 Å². The topological polar surface area (TPSA) is 118 Å². The maximum absolute atomic E-state index is 12.8. The molecule has 9 nitrogen and oxygen atoms in total. The largest absolute Gasteiger partial charge is 0.484 e. The van der Waals surface area contributed by atoms with Crippen LogP contribution in [-0.4, -0.2) is 50.8 Å². The van der Waals surface area contributed by atoms with Gasteiger partial charge in [0.1, 0.15) is 5.75 Å². The molecule has 0 aliphatic carbocycles. The van der Waals surface area contributed by atoms with E-state index in [9.17, 15) is 27.6 Å². The van der Waals surface area contributed by atoms with Gasteiger partial charge in [0.2, 0.25) is 0 Å². The summed E-state index contributed by atoms with van der Waals surface area (Å²) >= 11 is 0. The lowest BCUT2D eigenvalue weighted by atomic mass is 10.2. The molecule has 0 aliphatic rings. The van der Waals surface area contributed by atoms with Gasteiger partial charge in [-0.05, 0) is 42.3 Å². The second kappa shape index (κ2) is 12.9. The van der Waals surface area contributed by atoms with Gasteiger partial charge in [-0.15, -0.1) is 0 Å². The van der Waals surface area contributed by atoms with Gasteiger partial charge in [-0.2, -0.15) is 18.3 Å². The number of halogens is 3. The molecule has 0 fully saturated rings. The van der Waals surface area contributed by atoms with Crippen LogP contribution in [0.1, 0.15) is 17.5 Å². The van der Waals surface area contributed by atoms with Gasteiger partial charge in [0.05, 0.1) is 11.8 Å². The molecule has 0 saturated carbocycles. The summed E-state index contributed by atoms with van der Waals surface area (Å²) in [5, 5.41) is 8.44. The van der Waals surface area contributed by atoms with Crippen LogP contribution in [0.15, 0.2) is 53.6 Å². The predicted molar refractivity (Wildman–Crippen MR) is 117 cm³/mol. The molecule has 0 spiro atoms. The maximum Gasteiger partial charge on any atom is 0.416 e. The number of hydrogen-bond acceptors (Lipinski definition) is 6. The highest BCUT2D eigenvalue weighted by molar-refractivity contribution is 6.35.